The molecule has 0 saturated carbocycles. The number of ether oxygens (including phenoxy) is 1. The summed E-state index contributed by atoms with van der Waals surface area (Å²) in [5.41, 5.74) is 1.34. The molecule has 0 fully saturated rings. The summed E-state index contributed by atoms with van der Waals surface area (Å²) in [5, 5.41) is 2.26. The van der Waals surface area contributed by atoms with Gasteiger partial charge < -0.3 is 10.1 Å². The summed E-state index contributed by atoms with van der Waals surface area (Å²) in [7, 11) is -1.83. The van der Waals surface area contributed by atoms with Crippen molar-refractivity contribution in [1.29, 1.82) is 0 Å². The van der Waals surface area contributed by atoms with E-state index in [1.165, 1.54) is 31.4 Å². The number of amides is 1. The maximum atomic E-state index is 13.3. The molecule has 0 spiro atoms. The number of carbonyl (C=O) groups is 1. The van der Waals surface area contributed by atoms with E-state index in [2.05, 4.69) is 5.32 Å². The maximum absolute atomic E-state index is 13.3. The van der Waals surface area contributed by atoms with Gasteiger partial charge in [0, 0.05) is 13.7 Å². The van der Waals surface area contributed by atoms with E-state index in [1.807, 2.05) is 0 Å². The maximum Gasteiger partial charge on any atom is 0.224 e. The fraction of sp³-hybridized carbons (Fsp3) is 0.350. The Labute approximate surface area is 159 Å². The Balaban J connectivity index is 1.95. The van der Waals surface area contributed by atoms with Crippen LogP contribution in [0.5, 0.6) is 0 Å². The van der Waals surface area contributed by atoms with Gasteiger partial charge in [-0.3, -0.25) is 4.79 Å². The summed E-state index contributed by atoms with van der Waals surface area (Å²) in [6.07, 6.45) is -0.343. The Hall–Kier alpha value is -2.25. The van der Waals surface area contributed by atoms with Crippen LogP contribution in [-0.2, 0) is 25.8 Å². The molecule has 2 rings (SSSR count). The summed E-state index contributed by atoms with van der Waals surface area (Å²) in [6, 6.07) is 12.3. The molecular formula is C20H24FNO4S. The van der Waals surface area contributed by atoms with Crippen LogP contribution in [0.3, 0.4) is 0 Å². The van der Waals surface area contributed by atoms with Gasteiger partial charge in [0.2, 0.25) is 5.91 Å². The minimum atomic E-state index is -3.33. The fourth-order valence-corrected chi connectivity index (χ4v) is 3.63. The predicted octanol–water partition coefficient (Wildman–Crippen LogP) is 3.05. The number of halogens is 1. The predicted molar refractivity (Wildman–Crippen MR) is 102 cm³/mol. The van der Waals surface area contributed by atoms with E-state index < -0.39 is 21.2 Å². The van der Waals surface area contributed by atoms with Gasteiger partial charge in [-0.1, -0.05) is 24.3 Å². The number of rotatable bonds is 8. The molecule has 146 valence electrons. The highest BCUT2D eigenvalue weighted by molar-refractivity contribution is 7.92. The van der Waals surface area contributed by atoms with Gasteiger partial charge >= 0.3 is 0 Å². The summed E-state index contributed by atoms with van der Waals surface area (Å²) >= 11 is 0. The van der Waals surface area contributed by atoms with E-state index in [0.717, 1.165) is 0 Å². The van der Waals surface area contributed by atoms with Crippen molar-refractivity contribution < 1.29 is 22.3 Å². The number of benzene rings is 2. The second-order valence-electron chi connectivity index (χ2n) is 6.50. The van der Waals surface area contributed by atoms with E-state index in [9.17, 15) is 17.6 Å². The molecule has 0 unspecified atom stereocenters. The van der Waals surface area contributed by atoms with Crippen LogP contribution in [0.4, 0.5) is 4.39 Å². The first-order valence-corrected chi connectivity index (χ1v) is 10.2. The summed E-state index contributed by atoms with van der Waals surface area (Å²) in [4.78, 5) is 12.4. The number of hydrogen-bond donors (Lipinski definition) is 1. The van der Waals surface area contributed by atoms with Crippen LogP contribution in [0, 0.1) is 5.82 Å². The topological polar surface area (TPSA) is 72.5 Å². The lowest BCUT2D eigenvalue weighted by atomic mass is 10.1. The number of carbonyl (C=O) groups excluding carboxylic acids is 1. The van der Waals surface area contributed by atoms with Gasteiger partial charge in [0.1, 0.15) is 5.82 Å². The van der Waals surface area contributed by atoms with Crippen LogP contribution in [0.25, 0.3) is 0 Å². The average molecular weight is 393 g/mol. The molecule has 2 aromatic carbocycles. The molecule has 1 N–H and O–H groups in total. The average Bonchev–Trinajstić information content (AvgIpc) is 2.62. The highest BCUT2D eigenvalue weighted by atomic mass is 32.2. The minimum absolute atomic E-state index is 0.113. The Kier molecular flexibility index (Phi) is 7.10. The van der Waals surface area contributed by atoms with E-state index in [-0.39, 0.29) is 29.6 Å². The third-order valence-electron chi connectivity index (χ3n) is 4.23. The lowest BCUT2D eigenvalue weighted by Gasteiger charge is -2.16. The van der Waals surface area contributed by atoms with E-state index >= 15 is 0 Å². The monoisotopic (exact) mass is 393 g/mol. The highest BCUT2D eigenvalue weighted by Crippen LogP contribution is 2.18. The number of sulfone groups is 1. The quantitative estimate of drug-likeness (QED) is 0.748. The molecule has 0 radical (unpaired) electrons. The molecule has 7 heteroatoms. The first-order chi connectivity index (χ1) is 12.7. The van der Waals surface area contributed by atoms with Crippen LogP contribution in [0.2, 0.25) is 0 Å². The molecule has 0 aliphatic carbocycles. The number of nitrogens with one attached hydrogen (secondary N) is 1. The molecule has 0 aromatic heterocycles. The smallest absolute Gasteiger partial charge is 0.224 e. The van der Waals surface area contributed by atoms with Crippen molar-refractivity contribution in [3.8, 4) is 0 Å². The lowest BCUT2D eigenvalue weighted by Crippen LogP contribution is -2.30. The number of hydrogen-bond acceptors (Lipinski definition) is 4. The summed E-state index contributed by atoms with van der Waals surface area (Å²) in [6.45, 7) is 3.46. The van der Waals surface area contributed by atoms with E-state index in [1.54, 1.807) is 38.1 Å². The zero-order valence-electron chi connectivity index (χ0n) is 15.6. The molecular weight excluding hydrogens is 369 g/mol. The Morgan fingerprint density at radius 2 is 1.81 bits per heavy atom. The van der Waals surface area contributed by atoms with Crippen molar-refractivity contribution in [3.05, 3.63) is 65.5 Å². The molecule has 2 aromatic rings. The third kappa shape index (κ3) is 5.61. The van der Waals surface area contributed by atoms with Gasteiger partial charge in [-0.2, -0.15) is 0 Å². The molecule has 0 bridgehead atoms. The summed E-state index contributed by atoms with van der Waals surface area (Å²) < 4.78 is 42.9. The Morgan fingerprint density at radius 3 is 2.37 bits per heavy atom. The molecule has 1 amide bonds. The standard InChI is InChI=1S/C20H24FNO4S/c1-14(2)27(24,25)18-9-7-15(8-10-18)11-20(23)22-13-19(26-3)16-5-4-6-17(21)12-16/h4-10,12,14,19H,11,13H2,1-3H3,(H,22,23)/t19-/m1/s1. The second-order valence-corrected chi connectivity index (χ2v) is 9.00. The van der Waals surface area contributed by atoms with Crippen molar-refractivity contribution in [2.24, 2.45) is 0 Å². The van der Waals surface area contributed by atoms with E-state index in [4.69, 9.17) is 4.74 Å². The molecule has 0 saturated heterocycles. The lowest BCUT2D eigenvalue weighted by molar-refractivity contribution is -0.121. The van der Waals surface area contributed by atoms with Crippen molar-refractivity contribution in [3.63, 3.8) is 0 Å². The zero-order valence-corrected chi connectivity index (χ0v) is 16.4. The summed E-state index contributed by atoms with van der Waals surface area (Å²) in [5.74, 6) is -0.592. The molecule has 27 heavy (non-hydrogen) atoms. The van der Waals surface area contributed by atoms with Crippen LogP contribution in [0.1, 0.15) is 31.1 Å². The van der Waals surface area contributed by atoms with Gasteiger partial charge in [0.15, 0.2) is 9.84 Å². The first-order valence-electron chi connectivity index (χ1n) is 8.62. The van der Waals surface area contributed by atoms with Crippen molar-refractivity contribution in [2.75, 3.05) is 13.7 Å². The van der Waals surface area contributed by atoms with Crippen molar-refractivity contribution >= 4 is 15.7 Å². The van der Waals surface area contributed by atoms with E-state index in [0.29, 0.717) is 11.1 Å². The fourth-order valence-electron chi connectivity index (χ4n) is 2.57. The van der Waals surface area contributed by atoms with Crippen LogP contribution >= 0.6 is 0 Å². The van der Waals surface area contributed by atoms with Gasteiger partial charge in [0.05, 0.1) is 22.7 Å². The Morgan fingerprint density at radius 1 is 1.15 bits per heavy atom. The van der Waals surface area contributed by atoms with Crippen LogP contribution in [0.15, 0.2) is 53.4 Å². The largest absolute Gasteiger partial charge is 0.375 e. The van der Waals surface area contributed by atoms with Gasteiger partial charge in [-0.15, -0.1) is 0 Å². The zero-order chi connectivity index (χ0) is 20.0. The third-order valence-corrected chi connectivity index (χ3v) is 6.40. The van der Waals surface area contributed by atoms with Crippen LogP contribution < -0.4 is 5.32 Å². The van der Waals surface area contributed by atoms with Crippen molar-refractivity contribution in [2.45, 2.75) is 36.5 Å². The minimum Gasteiger partial charge on any atom is -0.375 e. The SMILES string of the molecule is CO[C@H](CNC(=O)Cc1ccc(S(=O)(=O)C(C)C)cc1)c1cccc(F)c1. The molecule has 0 aliphatic heterocycles. The molecule has 1 atom stereocenters. The molecule has 0 aliphatic rings. The normalized spacial score (nSPS) is 12.8. The van der Waals surface area contributed by atoms with Gasteiger partial charge in [0.25, 0.3) is 0 Å². The van der Waals surface area contributed by atoms with Crippen molar-refractivity contribution in [1.82, 2.24) is 5.32 Å². The molecule has 5 nitrogen and oxygen atoms in total. The van der Waals surface area contributed by atoms with Gasteiger partial charge in [-0.25, -0.2) is 12.8 Å². The molecule has 0 heterocycles. The van der Waals surface area contributed by atoms with Gasteiger partial charge in [-0.05, 0) is 49.2 Å². The second kappa shape index (κ2) is 9.10. The Bertz CT molecular complexity index is 879. The number of methoxy groups -OCH3 is 1. The highest BCUT2D eigenvalue weighted by Gasteiger charge is 2.19. The first kappa shape index (κ1) is 21.1. The van der Waals surface area contributed by atoms with Crippen LogP contribution in [-0.4, -0.2) is 33.2 Å².